The van der Waals surface area contributed by atoms with Crippen LogP contribution in [0.1, 0.15) is 52.9 Å². The van der Waals surface area contributed by atoms with E-state index in [0.717, 1.165) is 23.8 Å². The number of benzene rings is 3. The number of carbonyl (C=O) groups is 2. The molecular weight excluding hydrogens is 586 g/mol. The lowest BCUT2D eigenvalue weighted by molar-refractivity contribution is -0.126. The largest absolute Gasteiger partial charge is 0.478 e. The number of hydrogen-bond donors (Lipinski definition) is 2. The fourth-order valence-electron chi connectivity index (χ4n) is 4.42. The molecule has 0 bridgehead atoms. The van der Waals surface area contributed by atoms with Gasteiger partial charge in [0.1, 0.15) is 5.75 Å². The molecule has 1 aliphatic heterocycles. The summed E-state index contributed by atoms with van der Waals surface area (Å²) in [4.78, 5) is 25.4. The van der Waals surface area contributed by atoms with Gasteiger partial charge in [0.05, 0.1) is 41.8 Å². The first-order valence-electron chi connectivity index (χ1n) is 13.4. The summed E-state index contributed by atoms with van der Waals surface area (Å²) >= 11 is 0. The Kier molecular flexibility index (Phi) is 9.37. The van der Waals surface area contributed by atoms with E-state index in [-0.39, 0.29) is 45.8 Å². The number of carboxylic acids is 1. The fraction of sp³-hybridized carbons (Fsp3) is 0.286. The van der Waals surface area contributed by atoms with Gasteiger partial charge in [-0.3, -0.25) is 4.79 Å². The highest BCUT2D eigenvalue weighted by Crippen LogP contribution is 2.53. The average Bonchev–Trinajstić information content (AvgIpc) is 3.43. The van der Waals surface area contributed by atoms with E-state index in [0.29, 0.717) is 5.75 Å². The highest BCUT2D eigenvalue weighted by atomic mass is 32.2. The Labute approximate surface area is 271 Å². The van der Waals surface area contributed by atoms with Crippen molar-refractivity contribution in [2.24, 2.45) is 0 Å². The number of hydrogen-bond acceptors (Lipinski definition) is 7. The van der Waals surface area contributed by atoms with Crippen LogP contribution in [0.3, 0.4) is 0 Å². The first-order valence-corrected chi connectivity index (χ1v) is 14.9. The number of nitrogens with one attached hydrogen (secondary N) is 1. The normalized spacial score (nSPS) is 14.1. The summed E-state index contributed by atoms with van der Waals surface area (Å²) in [6.45, 7) is 3.80. The fourth-order valence-corrected chi connectivity index (χ4v) is 5.41. The van der Waals surface area contributed by atoms with Crippen molar-refractivity contribution in [3.8, 4) is 17.2 Å². The highest BCUT2D eigenvalue weighted by molar-refractivity contribution is 7.90. The molecule has 0 fully saturated rings. The molecule has 45 heavy (non-hydrogen) atoms. The van der Waals surface area contributed by atoms with Gasteiger partial charge in [0.25, 0.3) is 15.9 Å². The number of ether oxygens (including phenoxy) is 3. The molecule has 0 spiro atoms. The van der Waals surface area contributed by atoms with Crippen molar-refractivity contribution in [3.63, 3.8) is 0 Å². The van der Waals surface area contributed by atoms with Gasteiger partial charge in [-0.15, -0.1) is 10.3 Å². The van der Waals surface area contributed by atoms with Crippen molar-refractivity contribution in [2.75, 3.05) is 6.79 Å². The van der Waals surface area contributed by atoms with E-state index < -0.39 is 43.5 Å². The molecule has 1 aliphatic rings. The number of carbonyl (C=O) groups excluding carboxylic acids is 1. The summed E-state index contributed by atoms with van der Waals surface area (Å²) < 4.78 is 45.4. The zero-order chi connectivity index (χ0) is 33.5. The van der Waals surface area contributed by atoms with E-state index in [1.54, 1.807) is 12.1 Å². The predicted octanol–water partition coefficient (Wildman–Crippen LogP) is 1.38. The van der Waals surface area contributed by atoms with E-state index in [4.69, 9.17) is 69.1 Å². The lowest BCUT2D eigenvalue weighted by Crippen LogP contribution is -2.51. The molecule has 1 unspecified atom stereocenters. The van der Waals surface area contributed by atoms with E-state index >= 15 is 0 Å². The first kappa shape index (κ1) is 34.3. The molecule has 1 amide bonds. The number of rotatable bonds is 11. The van der Waals surface area contributed by atoms with Crippen LogP contribution in [0.25, 0.3) is 0 Å². The standard InChI is InChI=1S/C28H22B7NO8S/c1-14(2)15-3-7-18(8-4-15)45(40,41)36-24(37)23(16-5-10-21-22(12-16)43-13-42-21)44-20-9-6-17(25(38)39)11-19(20)26(29,30)27(31,32)28(33,34)35/h3-12,14,23H,13H2,1-2H3,(H,36,37)(H,38,39). The SMILES string of the molecule is [B]C([B])([B])C([B])([B])C([B])([B])c1cc(C(=O)O)ccc1OC(C(=O)NS(=O)(=O)c1ccc(C(C)C)cc1)c1ccc2c(c1)OCO2. The summed E-state index contributed by atoms with van der Waals surface area (Å²) in [5, 5.41) is 2.21. The maximum atomic E-state index is 13.8. The van der Waals surface area contributed by atoms with Gasteiger partial charge in [0.2, 0.25) is 12.9 Å². The van der Waals surface area contributed by atoms with Gasteiger partial charge in [-0.25, -0.2) is 17.9 Å². The molecule has 0 aromatic heterocycles. The molecular formula is C28H22B7NO8S. The molecule has 0 aliphatic carbocycles. The molecule has 3 aromatic rings. The summed E-state index contributed by atoms with van der Waals surface area (Å²) in [6.07, 6.45) is -1.74. The van der Waals surface area contributed by atoms with Crippen LogP contribution in [-0.2, 0) is 20.0 Å². The Morgan fingerprint density at radius 3 is 2.04 bits per heavy atom. The van der Waals surface area contributed by atoms with Crippen LogP contribution in [0.5, 0.6) is 17.2 Å². The molecule has 3 aromatic carbocycles. The van der Waals surface area contributed by atoms with Gasteiger partial charge in [0, 0.05) is 29.1 Å². The molecule has 17 heteroatoms. The molecule has 214 valence electrons. The predicted molar refractivity (Wildman–Crippen MR) is 173 cm³/mol. The van der Waals surface area contributed by atoms with Crippen LogP contribution < -0.4 is 18.9 Å². The second-order valence-electron chi connectivity index (χ2n) is 11.0. The van der Waals surface area contributed by atoms with Gasteiger partial charge in [-0.1, -0.05) is 37.3 Å². The molecule has 1 atom stereocenters. The lowest BCUT2D eigenvalue weighted by Gasteiger charge is -2.55. The van der Waals surface area contributed by atoms with Crippen LogP contribution in [0, 0.1) is 0 Å². The third-order valence-electron chi connectivity index (χ3n) is 7.35. The minimum Gasteiger partial charge on any atom is -0.478 e. The van der Waals surface area contributed by atoms with E-state index in [1.165, 1.54) is 30.3 Å². The molecule has 0 saturated carbocycles. The first-order chi connectivity index (χ1) is 20.8. The smallest absolute Gasteiger partial charge is 0.335 e. The Hall–Kier alpha value is -3.60. The van der Waals surface area contributed by atoms with Gasteiger partial charge >= 0.3 is 5.97 Å². The molecule has 2 N–H and O–H groups in total. The quantitative estimate of drug-likeness (QED) is 0.313. The topological polar surface area (TPSA) is 128 Å². The zero-order valence-corrected chi connectivity index (χ0v) is 25.2. The number of fused-ring (bicyclic) bond motifs is 1. The lowest BCUT2D eigenvalue weighted by atomic mass is 9.13. The monoisotopic (exact) mass is 609 g/mol. The Morgan fingerprint density at radius 2 is 1.47 bits per heavy atom. The van der Waals surface area contributed by atoms with Crippen molar-refractivity contribution in [1.29, 1.82) is 0 Å². The third-order valence-corrected chi connectivity index (χ3v) is 8.71. The van der Waals surface area contributed by atoms with Gasteiger partial charge in [-0.2, -0.15) is 0 Å². The van der Waals surface area contributed by atoms with Crippen LogP contribution >= 0.6 is 0 Å². The number of carboxylic acid groups (broad SMARTS) is 1. The van der Waals surface area contributed by atoms with Crippen LogP contribution in [0.15, 0.2) is 65.6 Å². The van der Waals surface area contributed by atoms with Gasteiger partial charge in [-0.05, 0) is 59.5 Å². The van der Waals surface area contributed by atoms with E-state index in [2.05, 4.69) is 0 Å². The second-order valence-corrected chi connectivity index (χ2v) is 12.7. The molecule has 4 rings (SSSR count). The van der Waals surface area contributed by atoms with Crippen LogP contribution in [0.2, 0.25) is 10.3 Å². The minimum atomic E-state index is -4.41. The van der Waals surface area contributed by atoms with E-state index in [9.17, 15) is 23.1 Å². The van der Waals surface area contributed by atoms with Gasteiger partial charge in [0.15, 0.2) is 11.5 Å². The van der Waals surface area contributed by atoms with Crippen molar-refractivity contribution in [3.05, 3.63) is 82.9 Å². The summed E-state index contributed by atoms with van der Waals surface area (Å²) in [6, 6.07) is 13.5. The summed E-state index contributed by atoms with van der Waals surface area (Å²) in [5.74, 6) is -2.11. The van der Waals surface area contributed by atoms with Crippen molar-refractivity contribution >= 4 is 76.8 Å². The number of sulfonamides is 1. The van der Waals surface area contributed by atoms with Crippen molar-refractivity contribution in [2.45, 2.75) is 46.3 Å². The molecule has 1 heterocycles. The van der Waals surface area contributed by atoms with Crippen LogP contribution in [0.4, 0.5) is 0 Å². The molecule has 0 saturated heterocycles. The van der Waals surface area contributed by atoms with Crippen molar-refractivity contribution in [1.82, 2.24) is 4.72 Å². The van der Waals surface area contributed by atoms with Gasteiger partial charge < -0.3 is 19.3 Å². The van der Waals surface area contributed by atoms with E-state index in [1.807, 2.05) is 18.6 Å². The number of amides is 1. The third kappa shape index (κ3) is 6.83. The molecule has 9 nitrogen and oxygen atoms in total. The minimum absolute atomic E-state index is 0.0883. The zero-order valence-electron chi connectivity index (χ0n) is 24.4. The van der Waals surface area contributed by atoms with Crippen LogP contribution in [-0.4, -0.2) is 87.1 Å². The maximum Gasteiger partial charge on any atom is 0.335 e. The second kappa shape index (κ2) is 12.3. The Bertz CT molecular complexity index is 1730. The number of aromatic carboxylic acids is 1. The molecule has 14 radical (unpaired) electrons. The summed E-state index contributed by atoms with van der Waals surface area (Å²) in [5.41, 5.74) is 0.288. The summed E-state index contributed by atoms with van der Waals surface area (Å²) in [7, 11) is 37.7. The maximum absolute atomic E-state index is 13.8. The Morgan fingerprint density at radius 1 is 0.867 bits per heavy atom. The average molecular weight is 608 g/mol. The Balaban J connectivity index is 1.82. The van der Waals surface area contributed by atoms with Crippen molar-refractivity contribution < 1.29 is 37.3 Å². The highest BCUT2D eigenvalue weighted by Gasteiger charge is 2.45.